The number of aromatic nitrogens is 12. The zero-order valence-corrected chi connectivity index (χ0v) is 87.7. The largest absolute Gasteiger partial charge is 1.00 e. The number of nitrogens with zero attached hydrogens (tertiary/aromatic N) is 19. The number of H-pyrrole nitrogens is 1. The van der Waals surface area contributed by atoms with Crippen LogP contribution in [0, 0.1) is 68.9 Å². The Bertz CT molecular complexity index is 6380. The SMILES string of the molecule is CCN(CCN(CC)C(=O)OC(C)(C)C)C(=O)OC(C)[n+]1cnn(C[C@](O)(c2cc(F)ccc2F)[C@@H](C)c2nc(-c3ccc(C#N)cc3)cs2)c1.CCN(CN(CC)C(=O)OC(C)(C)C)C(=O)OC(C)Cl.CCNCCN(C)C(=O)Oc1nc[n+](C[C@](O)(c2cc(F)ccc2F)[C@@H](C)c2nc(-c3ccc(C#N)cc3)cs2)[nH]1.C[C@@H](c1nc(-c2ccc(C#N)cc2)cs1)[C@](O)(Cn1cncn1)c1cc(F)ccc1F.Cl.[Cl-]. The molecule has 12 aromatic rings. The highest BCUT2D eigenvalue weighted by Crippen LogP contribution is 2.46. The van der Waals surface area contributed by atoms with E-state index in [1.165, 1.54) is 109 Å². The van der Waals surface area contributed by atoms with Gasteiger partial charge in [0.05, 0.1) is 73.5 Å². The van der Waals surface area contributed by atoms with E-state index in [0.717, 1.165) is 77.8 Å². The zero-order chi connectivity index (χ0) is 105. The lowest BCUT2D eigenvalue weighted by molar-refractivity contribution is -0.765. The third-order valence-electron chi connectivity index (χ3n) is 22.4. The van der Waals surface area contributed by atoms with E-state index in [0.29, 0.717) is 88.1 Å². The summed E-state index contributed by atoms with van der Waals surface area (Å²) >= 11 is 9.45. The Balaban J connectivity index is 0.000000273. The average Bonchev–Trinajstić information content (AvgIpc) is 1.42. The van der Waals surface area contributed by atoms with Crippen molar-refractivity contribution in [2.45, 2.75) is 188 Å². The Hall–Kier alpha value is -13.3. The van der Waals surface area contributed by atoms with E-state index in [4.69, 9.17) is 56.1 Å². The maximum atomic E-state index is 15.3. The van der Waals surface area contributed by atoms with Crippen LogP contribution >= 0.6 is 58.0 Å². The molecular formula is C99H117Cl3F6N21O13S3+. The number of rotatable bonds is 35. The lowest BCUT2D eigenvalue weighted by Gasteiger charge is -2.33. The van der Waals surface area contributed by atoms with Crippen LogP contribution in [0.3, 0.4) is 0 Å². The number of benzene rings is 6. The predicted molar refractivity (Wildman–Crippen MR) is 528 cm³/mol. The summed E-state index contributed by atoms with van der Waals surface area (Å²) in [7, 11) is 1.59. The molecule has 5 N–H and O–H groups in total. The first kappa shape index (κ1) is 119. The first-order chi connectivity index (χ1) is 67.7. The molecule has 0 aliphatic carbocycles. The van der Waals surface area contributed by atoms with E-state index in [2.05, 4.69) is 58.8 Å². The second-order valence-electron chi connectivity index (χ2n) is 34.9. The van der Waals surface area contributed by atoms with E-state index in [9.17, 15) is 56.9 Å². The number of carbonyl (C=O) groups excluding carboxylic acids is 5. The average molecular weight is 2130 g/mol. The molecule has 145 heavy (non-hydrogen) atoms. The van der Waals surface area contributed by atoms with Crippen LogP contribution in [0.1, 0.15) is 183 Å². The summed E-state index contributed by atoms with van der Waals surface area (Å²) in [4.78, 5) is 90.9. The molecule has 776 valence electrons. The Kier molecular flexibility index (Phi) is 44.3. The smallest absolute Gasteiger partial charge is 0.452 e. The minimum absolute atomic E-state index is 0. The van der Waals surface area contributed by atoms with E-state index < -0.39 is 123 Å². The monoisotopic (exact) mass is 2120 g/mol. The number of carbonyl (C=O) groups is 5. The number of alkyl halides is 1. The molecular weight excluding hydrogens is 2010 g/mol. The number of nitriles is 3. The number of aliphatic hydroxyl groups is 3. The first-order valence-corrected chi connectivity index (χ1v) is 48.6. The molecule has 6 aromatic heterocycles. The van der Waals surface area contributed by atoms with Gasteiger partial charge < -0.3 is 71.4 Å². The van der Waals surface area contributed by atoms with Crippen LogP contribution in [-0.2, 0) is 55.4 Å². The summed E-state index contributed by atoms with van der Waals surface area (Å²) in [5, 5.41) is 84.3. The number of amides is 5. The second-order valence-corrected chi connectivity index (χ2v) is 38.2. The van der Waals surface area contributed by atoms with Gasteiger partial charge in [-0.15, -0.1) is 51.1 Å². The van der Waals surface area contributed by atoms with Gasteiger partial charge in [0, 0.05) is 144 Å². The quantitative estimate of drug-likeness (QED) is 0.00615. The zero-order valence-electron chi connectivity index (χ0n) is 82.9. The summed E-state index contributed by atoms with van der Waals surface area (Å²) in [6.45, 7) is 31.3. The van der Waals surface area contributed by atoms with Crippen LogP contribution in [0.25, 0.3) is 33.8 Å². The molecule has 0 spiro atoms. The number of hydrogen-bond acceptors (Lipinski definition) is 27. The highest BCUT2D eigenvalue weighted by molar-refractivity contribution is 7.10. The van der Waals surface area contributed by atoms with E-state index in [-0.39, 0.29) is 86.9 Å². The topological polar surface area (TPSA) is 415 Å². The van der Waals surface area contributed by atoms with Crippen LogP contribution in [0.15, 0.2) is 175 Å². The number of ether oxygens (including phenoxy) is 5. The Morgan fingerprint density at radius 1 is 0.524 bits per heavy atom. The van der Waals surface area contributed by atoms with Gasteiger partial charge in [-0.1, -0.05) is 75.7 Å². The Labute approximate surface area is 866 Å². The minimum Gasteiger partial charge on any atom is -1.00 e. The molecule has 5 amide bonds. The summed E-state index contributed by atoms with van der Waals surface area (Å²) in [5.41, 5.74) is -2.72. The van der Waals surface area contributed by atoms with Crippen molar-refractivity contribution in [3.05, 3.63) is 258 Å². The number of hydrogen-bond donors (Lipinski definition) is 5. The molecule has 0 saturated carbocycles. The molecule has 0 aliphatic rings. The minimum atomic E-state index is -2.02. The molecule has 0 saturated heterocycles. The molecule has 0 radical (unpaired) electrons. The van der Waals surface area contributed by atoms with Crippen molar-refractivity contribution in [3.8, 4) is 58.0 Å². The molecule has 34 nitrogen and oxygen atoms in total. The molecule has 0 fully saturated rings. The molecule has 2 unspecified atom stereocenters. The van der Waals surface area contributed by atoms with E-state index >= 15 is 8.78 Å². The van der Waals surface area contributed by atoms with Gasteiger partial charge in [0.15, 0.2) is 5.56 Å². The van der Waals surface area contributed by atoms with Crippen molar-refractivity contribution < 1.29 is 111 Å². The summed E-state index contributed by atoms with van der Waals surface area (Å²) in [5.74, 6) is -6.74. The third kappa shape index (κ3) is 32.9. The van der Waals surface area contributed by atoms with E-state index in [1.807, 2.05) is 26.2 Å². The highest BCUT2D eigenvalue weighted by atomic mass is 35.5. The van der Waals surface area contributed by atoms with Crippen LogP contribution in [-0.4, -0.2) is 209 Å². The molecule has 0 bridgehead atoms. The molecule has 46 heteroatoms. The van der Waals surface area contributed by atoms with Gasteiger partial charge >= 0.3 is 42.8 Å². The fraction of sp³-hybridized carbons (Fsp3) is 0.404. The van der Waals surface area contributed by atoms with Gasteiger partial charge in [0.2, 0.25) is 12.6 Å². The van der Waals surface area contributed by atoms with Gasteiger partial charge in [-0.3, -0.25) is 9.80 Å². The van der Waals surface area contributed by atoms with Crippen LogP contribution < -0.4 is 31.7 Å². The first-order valence-electron chi connectivity index (χ1n) is 45.5. The predicted octanol–water partition coefficient (Wildman–Crippen LogP) is 15.0. The van der Waals surface area contributed by atoms with Crippen molar-refractivity contribution >= 4 is 88.5 Å². The van der Waals surface area contributed by atoms with Gasteiger partial charge in [-0.2, -0.15) is 35.2 Å². The highest BCUT2D eigenvalue weighted by Gasteiger charge is 2.47. The lowest BCUT2D eigenvalue weighted by atomic mass is 9.82. The third-order valence-corrected chi connectivity index (χ3v) is 25.6. The normalized spacial score (nSPS) is 13.4. The lowest BCUT2D eigenvalue weighted by Crippen LogP contribution is -3.00. The van der Waals surface area contributed by atoms with Gasteiger partial charge in [0.25, 0.3) is 6.33 Å². The van der Waals surface area contributed by atoms with Crippen LogP contribution in [0.5, 0.6) is 6.01 Å². The van der Waals surface area contributed by atoms with Crippen molar-refractivity contribution in [3.63, 3.8) is 0 Å². The molecule has 6 heterocycles. The number of halogens is 9. The maximum Gasteiger partial charge on any atom is 0.452 e. The summed E-state index contributed by atoms with van der Waals surface area (Å²) in [6.07, 6.45) is 3.31. The van der Waals surface area contributed by atoms with Crippen LogP contribution in [0.4, 0.5) is 50.3 Å². The van der Waals surface area contributed by atoms with Crippen molar-refractivity contribution in [2.75, 3.05) is 72.6 Å². The van der Waals surface area contributed by atoms with Crippen molar-refractivity contribution in [1.29, 1.82) is 15.8 Å². The number of aromatic amines is 1. The van der Waals surface area contributed by atoms with Crippen molar-refractivity contribution in [1.82, 2.24) is 79.4 Å². The number of likely N-dealkylation sites (N-methyl/N-ethyl adjacent to an activating group) is 4. The maximum absolute atomic E-state index is 15.3. The van der Waals surface area contributed by atoms with Gasteiger partial charge in [0.1, 0.15) is 95.3 Å². The Morgan fingerprint density at radius 2 is 0.910 bits per heavy atom. The Morgan fingerprint density at radius 3 is 1.30 bits per heavy atom. The van der Waals surface area contributed by atoms with Crippen molar-refractivity contribution in [2.24, 2.45) is 0 Å². The van der Waals surface area contributed by atoms with Gasteiger partial charge in [-0.25, -0.2) is 74.9 Å². The summed E-state index contributed by atoms with van der Waals surface area (Å²) in [6, 6.07) is 35.6. The fourth-order valence-electron chi connectivity index (χ4n) is 14.2. The number of thiazole rings is 3. The molecule has 12 rings (SSSR count). The summed E-state index contributed by atoms with van der Waals surface area (Å²) < 4.78 is 120. The standard InChI is InChI=1S/C36H44F2N7O5S.C28H29F2N7O3S.C22H17F2N5OS.C13H25ClN2O4.2ClH/c1-8-42(16-17-43(9-2)34(47)50-35(5,6)7)33(46)49-25(4)44-22-40-45(23-44)21-36(48,29-18-28(37)14-15-30(29)38)24(3)32-41-31(20-51-32)27-12-10-26(19-39)11-13-27;1-4-32-11-12-36(3)27(38)40-26-33-17-37(35-26)16-28(39,22-13-21(29)9-10-23(22)30)18(2)25-34-24(15-41-25)20-7-5-19(14-31)6-8-20;1-14(21-28-20(10-31-21)16-4-2-15(9-25)3-5-16)22(30,11-29-13-26-12-27-29)18-8-17(23)6-7-19(18)24;1-7-15(11(17)19-10(3)14)9-16(8-2)12(18)20-13(4,5)6;;/h10-15,18,20,22-25,48H,8-9,16-17,21H2,1-7H3;5-10,13,15,17-18,32,39H,4,11-12,16H2,1-3H3;2-8,10,12-14,30H,11H2,1H3;10H,7-9H2,1-6H3;2*1H/q+1;;;;;/t24-,25?,36+;18-,28+;14-,22+;;;/m000.../s1. The second kappa shape index (κ2) is 54.1. The van der Waals surface area contributed by atoms with Crippen LogP contribution in [0.2, 0.25) is 0 Å². The van der Waals surface area contributed by atoms with Gasteiger partial charge in [-0.05, 0) is 174 Å². The number of nitrogens with one attached hydrogen (secondary N) is 2. The molecule has 0 aliphatic heterocycles. The fourth-order valence-corrected chi connectivity index (χ4v) is 17.2. The molecule has 8 atom stereocenters. The molecule has 6 aromatic carbocycles. The van der Waals surface area contributed by atoms with E-state index in [1.54, 1.807) is 181 Å².